The van der Waals surface area contributed by atoms with Crippen LogP contribution in [-0.2, 0) is 6.18 Å². The van der Waals surface area contributed by atoms with E-state index in [1.807, 2.05) is 38.1 Å². The fourth-order valence-corrected chi connectivity index (χ4v) is 2.22. The second-order valence-electron chi connectivity index (χ2n) is 4.54. The molecule has 0 aliphatic rings. The van der Waals surface area contributed by atoms with Crippen molar-refractivity contribution >= 4 is 16.5 Å². The molecule has 0 amide bonds. The van der Waals surface area contributed by atoms with Gasteiger partial charge in [-0.25, -0.2) is 0 Å². The molecule has 0 saturated heterocycles. The molecule has 0 aliphatic heterocycles. The minimum Gasteiger partial charge on any atom is -0.489 e. The molecule has 1 unspecified atom stereocenters. The standard InChI is InChI=1S/C13H14F3N3OS/c1-8-4-3-5-10(6-8)20-9(2)7-17-12-19-18-11(21-12)13(14,15)16/h3-6,9H,7H2,1-2H3,(H,17,19). The summed E-state index contributed by atoms with van der Waals surface area (Å²) in [6.07, 6.45) is -4.67. The van der Waals surface area contributed by atoms with Crippen LogP contribution in [0.15, 0.2) is 24.3 Å². The van der Waals surface area contributed by atoms with Crippen LogP contribution >= 0.6 is 11.3 Å². The van der Waals surface area contributed by atoms with Crippen molar-refractivity contribution < 1.29 is 17.9 Å². The zero-order valence-corrected chi connectivity index (χ0v) is 12.3. The lowest BCUT2D eigenvalue weighted by molar-refractivity contribution is -0.138. The van der Waals surface area contributed by atoms with Crippen LogP contribution in [0.5, 0.6) is 5.75 Å². The average molecular weight is 317 g/mol. The number of nitrogens with zero attached hydrogens (tertiary/aromatic N) is 2. The summed E-state index contributed by atoms with van der Waals surface area (Å²) >= 11 is 0.477. The van der Waals surface area contributed by atoms with Gasteiger partial charge in [0, 0.05) is 0 Å². The van der Waals surface area contributed by atoms with Gasteiger partial charge in [-0.1, -0.05) is 23.5 Å². The lowest BCUT2D eigenvalue weighted by atomic mass is 10.2. The van der Waals surface area contributed by atoms with E-state index < -0.39 is 11.2 Å². The van der Waals surface area contributed by atoms with E-state index in [9.17, 15) is 13.2 Å². The minimum atomic E-state index is -4.46. The molecule has 4 nitrogen and oxygen atoms in total. The maximum absolute atomic E-state index is 12.4. The van der Waals surface area contributed by atoms with Crippen molar-refractivity contribution in [2.24, 2.45) is 0 Å². The number of aryl methyl sites for hydroxylation is 1. The summed E-state index contributed by atoms with van der Waals surface area (Å²) in [7, 11) is 0. The largest absolute Gasteiger partial charge is 0.489 e. The molecule has 0 radical (unpaired) electrons. The Labute approximate surface area is 124 Å². The molecule has 1 heterocycles. The Balaban J connectivity index is 1.86. The predicted octanol–water partition coefficient (Wildman–Crippen LogP) is 3.74. The van der Waals surface area contributed by atoms with Crippen LogP contribution in [-0.4, -0.2) is 22.8 Å². The van der Waals surface area contributed by atoms with Gasteiger partial charge >= 0.3 is 6.18 Å². The van der Waals surface area contributed by atoms with E-state index in [-0.39, 0.29) is 11.2 Å². The normalized spacial score (nSPS) is 13.0. The highest BCUT2D eigenvalue weighted by molar-refractivity contribution is 7.15. The highest BCUT2D eigenvalue weighted by Crippen LogP contribution is 2.32. The van der Waals surface area contributed by atoms with Gasteiger partial charge in [-0.15, -0.1) is 10.2 Å². The summed E-state index contributed by atoms with van der Waals surface area (Å²) in [6, 6.07) is 7.56. The van der Waals surface area contributed by atoms with Crippen LogP contribution in [0.25, 0.3) is 0 Å². The second kappa shape index (κ2) is 6.30. The summed E-state index contributed by atoms with van der Waals surface area (Å²) in [5.41, 5.74) is 1.08. The molecule has 0 saturated carbocycles. The highest BCUT2D eigenvalue weighted by Gasteiger charge is 2.35. The van der Waals surface area contributed by atoms with E-state index in [0.29, 0.717) is 17.9 Å². The zero-order chi connectivity index (χ0) is 15.5. The van der Waals surface area contributed by atoms with Crippen LogP contribution < -0.4 is 10.1 Å². The molecular formula is C13H14F3N3OS. The molecule has 8 heteroatoms. The maximum Gasteiger partial charge on any atom is 0.445 e. The fourth-order valence-electron chi connectivity index (χ4n) is 1.60. The molecule has 0 spiro atoms. The van der Waals surface area contributed by atoms with E-state index >= 15 is 0 Å². The molecule has 1 N–H and O–H groups in total. The summed E-state index contributed by atoms with van der Waals surface area (Å²) in [4.78, 5) is 0. The lowest BCUT2D eigenvalue weighted by Gasteiger charge is -2.15. The van der Waals surface area contributed by atoms with Gasteiger partial charge in [-0.05, 0) is 31.5 Å². The van der Waals surface area contributed by atoms with E-state index in [0.717, 1.165) is 11.3 Å². The van der Waals surface area contributed by atoms with Crippen LogP contribution in [0.4, 0.5) is 18.3 Å². The van der Waals surface area contributed by atoms with Crippen molar-refractivity contribution in [3.63, 3.8) is 0 Å². The van der Waals surface area contributed by atoms with E-state index in [2.05, 4.69) is 15.5 Å². The first-order chi connectivity index (χ1) is 9.84. The van der Waals surface area contributed by atoms with Gasteiger partial charge in [-0.3, -0.25) is 0 Å². The quantitative estimate of drug-likeness (QED) is 0.912. The monoisotopic (exact) mass is 317 g/mol. The number of hydrogen-bond donors (Lipinski definition) is 1. The van der Waals surface area contributed by atoms with Crippen LogP contribution in [0.3, 0.4) is 0 Å². The topological polar surface area (TPSA) is 47.0 Å². The average Bonchev–Trinajstić information content (AvgIpc) is 2.85. The molecule has 2 aromatic rings. The van der Waals surface area contributed by atoms with Crippen LogP contribution in [0.1, 0.15) is 17.5 Å². The van der Waals surface area contributed by atoms with E-state index in [1.165, 1.54) is 0 Å². The van der Waals surface area contributed by atoms with Crippen molar-refractivity contribution in [1.29, 1.82) is 0 Å². The van der Waals surface area contributed by atoms with Crippen molar-refractivity contribution in [3.8, 4) is 5.75 Å². The zero-order valence-electron chi connectivity index (χ0n) is 11.4. The van der Waals surface area contributed by atoms with Crippen molar-refractivity contribution in [1.82, 2.24) is 10.2 Å². The van der Waals surface area contributed by atoms with Crippen molar-refractivity contribution in [2.45, 2.75) is 26.1 Å². The molecule has 0 aliphatic carbocycles. The summed E-state index contributed by atoms with van der Waals surface area (Å²) in [6.45, 7) is 4.11. The molecule has 0 fully saturated rings. The molecule has 1 aromatic carbocycles. The number of alkyl halides is 3. The molecule has 21 heavy (non-hydrogen) atoms. The first-order valence-electron chi connectivity index (χ1n) is 6.22. The number of rotatable bonds is 5. The lowest BCUT2D eigenvalue weighted by Crippen LogP contribution is -2.22. The molecule has 0 bridgehead atoms. The number of anilines is 1. The van der Waals surface area contributed by atoms with Gasteiger partial charge < -0.3 is 10.1 Å². The Hall–Kier alpha value is -1.83. The van der Waals surface area contributed by atoms with Gasteiger partial charge in [0.05, 0.1) is 6.54 Å². The summed E-state index contributed by atoms with van der Waals surface area (Å²) in [5, 5.41) is 8.52. The van der Waals surface area contributed by atoms with E-state index in [1.54, 1.807) is 0 Å². The van der Waals surface area contributed by atoms with Crippen LogP contribution in [0, 0.1) is 6.92 Å². The Kier molecular flexibility index (Phi) is 4.66. The SMILES string of the molecule is Cc1cccc(OC(C)CNc2nnc(C(F)(F)F)s2)c1. The number of nitrogens with one attached hydrogen (secondary N) is 1. The third-order valence-electron chi connectivity index (χ3n) is 2.54. The van der Waals surface area contributed by atoms with Gasteiger partial charge in [0.1, 0.15) is 11.9 Å². The number of hydrogen-bond acceptors (Lipinski definition) is 5. The molecule has 1 aromatic heterocycles. The second-order valence-corrected chi connectivity index (χ2v) is 5.51. The Morgan fingerprint density at radius 3 is 2.71 bits per heavy atom. The highest BCUT2D eigenvalue weighted by atomic mass is 32.1. The van der Waals surface area contributed by atoms with Gasteiger partial charge in [0.2, 0.25) is 10.1 Å². The Bertz CT molecular complexity index is 600. The number of aromatic nitrogens is 2. The molecule has 2 rings (SSSR count). The van der Waals surface area contributed by atoms with Crippen LogP contribution in [0.2, 0.25) is 0 Å². The predicted molar refractivity (Wildman–Crippen MR) is 74.7 cm³/mol. The number of ether oxygens (including phenoxy) is 1. The first kappa shape index (κ1) is 15.6. The molecular weight excluding hydrogens is 303 g/mol. The third kappa shape index (κ3) is 4.59. The van der Waals surface area contributed by atoms with Gasteiger partial charge in [0.15, 0.2) is 0 Å². The number of halogens is 3. The molecule has 114 valence electrons. The number of benzene rings is 1. The van der Waals surface area contributed by atoms with Gasteiger partial charge in [0.25, 0.3) is 0 Å². The van der Waals surface area contributed by atoms with E-state index in [4.69, 9.17) is 4.74 Å². The minimum absolute atomic E-state index is 0.127. The summed E-state index contributed by atoms with van der Waals surface area (Å²) in [5.74, 6) is 0.720. The third-order valence-corrected chi connectivity index (χ3v) is 3.46. The first-order valence-corrected chi connectivity index (χ1v) is 7.04. The Morgan fingerprint density at radius 2 is 2.10 bits per heavy atom. The fraction of sp³-hybridized carbons (Fsp3) is 0.385. The summed E-state index contributed by atoms with van der Waals surface area (Å²) < 4.78 is 42.8. The smallest absolute Gasteiger partial charge is 0.445 e. The van der Waals surface area contributed by atoms with Crippen molar-refractivity contribution in [2.75, 3.05) is 11.9 Å². The van der Waals surface area contributed by atoms with Gasteiger partial charge in [-0.2, -0.15) is 13.2 Å². The maximum atomic E-state index is 12.4. The Morgan fingerprint density at radius 1 is 1.33 bits per heavy atom. The van der Waals surface area contributed by atoms with Crippen molar-refractivity contribution in [3.05, 3.63) is 34.8 Å². The molecule has 1 atom stereocenters.